The zero-order chi connectivity index (χ0) is 21.3. The molecule has 0 saturated carbocycles. The van der Waals surface area contributed by atoms with Crippen LogP contribution in [-0.4, -0.2) is 52.5 Å². The van der Waals surface area contributed by atoms with Gasteiger partial charge in [0.25, 0.3) is 5.69 Å². The highest BCUT2D eigenvalue weighted by Crippen LogP contribution is 2.16. The molecule has 0 aromatic heterocycles. The number of nitro groups is 1. The van der Waals surface area contributed by atoms with E-state index in [2.05, 4.69) is 15.6 Å². The van der Waals surface area contributed by atoms with Gasteiger partial charge in [0.05, 0.1) is 11.0 Å². The molecule has 0 radical (unpaired) electrons. The Balaban J connectivity index is 2.82. The zero-order valence-electron chi connectivity index (χ0n) is 15.4. The SMILES string of the molecule is C[C@@H](O)[C@H](N)C(=O)N[C@@H](CCCN=C(N)N)C(=O)Nc1ccc([N+](=O)[O-])cc1. The Kier molecular flexibility index (Phi) is 8.78. The zero-order valence-corrected chi connectivity index (χ0v) is 15.4. The summed E-state index contributed by atoms with van der Waals surface area (Å²) in [7, 11) is 0. The van der Waals surface area contributed by atoms with Crippen LogP contribution in [0.2, 0.25) is 0 Å². The number of rotatable bonds is 10. The number of aliphatic hydroxyl groups excluding tert-OH is 1. The first kappa shape index (κ1) is 22.8. The van der Waals surface area contributed by atoms with Crippen molar-refractivity contribution in [2.45, 2.75) is 38.0 Å². The van der Waals surface area contributed by atoms with Gasteiger partial charge in [-0.1, -0.05) is 0 Å². The van der Waals surface area contributed by atoms with Crippen molar-refractivity contribution >= 4 is 29.1 Å². The second-order valence-corrected chi connectivity index (χ2v) is 6.07. The number of hydrogen-bond acceptors (Lipinski definition) is 7. The number of guanidine groups is 1. The van der Waals surface area contributed by atoms with Gasteiger partial charge in [-0.25, -0.2) is 0 Å². The smallest absolute Gasteiger partial charge is 0.269 e. The van der Waals surface area contributed by atoms with Crippen LogP contribution in [0.15, 0.2) is 29.3 Å². The molecule has 0 bridgehead atoms. The molecule has 0 aliphatic rings. The highest BCUT2D eigenvalue weighted by atomic mass is 16.6. The van der Waals surface area contributed by atoms with E-state index in [1.165, 1.54) is 31.2 Å². The topological polar surface area (TPSA) is 212 Å². The Morgan fingerprint density at radius 2 is 1.86 bits per heavy atom. The van der Waals surface area contributed by atoms with Gasteiger partial charge in [0.2, 0.25) is 11.8 Å². The van der Waals surface area contributed by atoms with Gasteiger partial charge in [-0.2, -0.15) is 0 Å². The molecule has 0 fully saturated rings. The average molecular weight is 395 g/mol. The van der Waals surface area contributed by atoms with E-state index >= 15 is 0 Å². The van der Waals surface area contributed by atoms with Gasteiger partial charge in [-0.15, -0.1) is 0 Å². The van der Waals surface area contributed by atoms with E-state index in [9.17, 15) is 24.8 Å². The number of nitrogens with one attached hydrogen (secondary N) is 2. The Bertz CT molecular complexity index is 717. The van der Waals surface area contributed by atoms with E-state index in [0.717, 1.165) is 0 Å². The summed E-state index contributed by atoms with van der Waals surface area (Å²) in [4.78, 5) is 38.6. The first-order valence-corrected chi connectivity index (χ1v) is 8.46. The molecule has 0 unspecified atom stereocenters. The highest BCUT2D eigenvalue weighted by molar-refractivity contribution is 5.98. The number of aliphatic imine (C=N–C) groups is 1. The van der Waals surface area contributed by atoms with E-state index in [4.69, 9.17) is 17.2 Å². The molecule has 1 aromatic carbocycles. The van der Waals surface area contributed by atoms with E-state index in [-0.39, 0.29) is 24.6 Å². The van der Waals surface area contributed by atoms with Crippen LogP contribution < -0.4 is 27.8 Å². The molecular weight excluding hydrogens is 370 g/mol. The van der Waals surface area contributed by atoms with E-state index in [0.29, 0.717) is 12.1 Å². The molecule has 3 atom stereocenters. The van der Waals surface area contributed by atoms with Crippen molar-refractivity contribution in [3.05, 3.63) is 34.4 Å². The minimum absolute atomic E-state index is 0.0907. The maximum Gasteiger partial charge on any atom is 0.269 e. The fraction of sp³-hybridized carbons (Fsp3) is 0.438. The maximum atomic E-state index is 12.5. The molecule has 1 aromatic rings. The molecular formula is C16H25N7O5. The number of amides is 2. The summed E-state index contributed by atoms with van der Waals surface area (Å²) >= 11 is 0. The summed E-state index contributed by atoms with van der Waals surface area (Å²) in [5.41, 5.74) is 16.3. The fourth-order valence-electron chi connectivity index (χ4n) is 2.16. The molecule has 0 spiro atoms. The van der Waals surface area contributed by atoms with Crippen LogP contribution in [0.4, 0.5) is 11.4 Å². The molecule has 2 amide bonds. The van der Waals surface area contributed by atoms with Gasteiger partial charge in [-0.3, -0.25) is 24.7 Å². The number of non-ortho nitro benzene ring substituents is 1. The summed E-state index contributed by atoms with van der Waals surface area (Å²) < 4.78 is 0. The number of carbonyl (C=O) groups excluding carboxylic acids is 2. The molecule has 1 rings (SSSR count). The van der Waals surface area contributed by atoms with Gasteiger partial charge >= 0.3 is 0 Å². The van der Waals surface area contributed by atoms with Crippen LogP contribution in [0.3, 0.4) is 0 Å². The Hall–Kier alpha value is -3.25. The third-order valence-electron chi connectivity index (χ3n) is 3.75. The number of hydrogen-bond donors (Lipinski definition) is 6. The molecule has 0 aliphatic heterocycles. The average Bonchev–Trinajstić information content (AvgIpc) is 2.63. The largest absolute Gasteiger partial charge is 0.391 e. The molecule has 0 heterocycles. The number of anilines is 1. The van der Waals surface area contributed by atoms with Crippen LogP contribution in [0.25, 0.3) is 0 Å². The summed E-state index contributed by atoms with van der Waals surface area (Å²) in [6.07, 6.45) is -0.506. The van der Waals surface area contributed by atoms with Crippen molar-refractivity contribution in [2.75, 3.05) is 11.9 Å². The number of nitrogens with zero attached hydrogens (tertiary/aromatic N) is 2. The Labute approximate surface area is 161 Å². The van der Waals surface area contributed by atoms with Crippen molar-refractivity contribution in [2.24, 2.45) is 22.2 Å². The van der Waals surface area contributed by atoms with Gasteiger partial charge in [0.1, 0.15) is 12.1 Å². The van der Waals surface area contributed by atoms with Crippen LogP contribution in [0.1, 0.15) is 19.8 Å². The van der Waals surface area contributed by atoms with Crippen molar-refractivity contribution < 1.29 is 19.6 Å². The van der Waals surface area contributed by atoms with Crippen molar-refractivity contribution in [1.29, 1.82) is 0 Å². The van der Waals surface area contributed by atoms with E-state index < -0.39 is 34.9 Å². The Morgan fingerprint density at radius 1 is 1.25 bits per heavy atom. The standard InChI is InChI=1S/C16H25N7O5/c1-9(24)13(17)15(26)22-12(3-2-8-20-16(18)19)14(25)21-10-4-6-11(7-5-10)23(27)28/h4-7,9,12-13,24H,2-3,8,17H2,1H3,(H,21,25)(H,22,26)(H4,18,19,20)/t9-,12+,13+/m1/s1. The lowest BCUT2D eigenvalue weighted by molar-refractivity contribution is -0.384. The monoisotopic (exact) mass is 395 g/mol. The van der Waals surface area contributed by atoms with Gasteiger partial charge in [-0.05, 0) is 31.9 Å². The van der Waals surface area contributed by atoms with Crippen LogP contribution >= 0.6 is 0 Å². The molecule has 0 aliphatic carbocycles. The predicted molar refractivity (Wildman–Crippen MR) is 103 cm³/mol. The quantitative estimate of drug-likeness (QED) is 0.0926. The lowest BCUT2D eigenvalue weighted by Crippen LogP contribution is -2.53. The van der Waals surface area contributed by atoms with Gasteiger partial charge < -0.3 is 32.9 Å². The molecule has 0 saturated heterocycles. The third kappa shape index (κ3) is 7.55. The van der Waals surface area contributed by atoms with E-state index in [1.807, 2.05) is 0 Å². The van der Waals surface area contributed by atoms with Crippen molar-refractivity contribution in [3.8, 4) is 0 Å². The molecule has 28 heavy (non-hydrogen) atoms. The fourth-order valence-corrected chi connectivity index (χ4v) is 2.16. The number of carbonyl (C=O) groups is 2. The maximum absolute atomic E-state index is 12.5. The lowest BCUT2D eigenvalue weighted by atomic mass is 10.1. The summed E-state index contributed by atoms with van der Waals surface area (Å²) in [6, 6.07) is 3.05. The minimum Gasteiger partial charge on any atom is -0.391 e. The number of nitro benzene ring substituents is 1. The normalized spacial score (nSPS) is 13.7. The van der Waals surface area contributed by atoms with Crippen LogP contribution in [0.5, 0.6) is 0 Å². The van der Waals surface area contributed by atoms with Crippen molar-refractivity contribution in [3.63, 3.8) is 0 Å². The minimum atomic E-state index is -1.20. The molecule has 12 nitrogen and oxygen atoms in total. The molecule has 154 valence electrons. The molecule has 12 heteroatoms. The second-order valence-electron chi connectivity index (χ2n) is 6.07. The van der Waals surface area contributed by atoms with Gasteiger partial charge in [0.15, 0.2) is 5.96 Å². The van der Waals surface area contributed by atoms with Crippen LogP contribution in [-0.2, 0) is 9.59 Å². The summed E-state index contributed by atoms with van der Waals surface area (Å²) in [5.74, 6) is -1.34. The third-order valence-corrected chi connectivity index (χ3v) is 3.75. The van der Waals surface area contributed by atoms with E-state index in [1.54, 1.807) is 0 Å². The number of nitrogens with two attached hydrogens (primary N) is 3. The summed E-state index contributed by atoms with van der Waals surface area (Å²) in [5, 5.41) is 25.2. The van der Waals surface area contributed by atoms with Crippen molar-refractivity contribution in [1.82, 2.24) is 5.32 Å². The first-order valence-electron chi connectivity index (χ1n) is 8.46. The molecule has 9 N–H and O–H groups in total. The number of benzene rings is 1. The lowest BCUT2D eigenvalue weighted by Gasteiger charge is -2.21. The highest BCUT2D eigenvalue weighted by Gasteiger charge is 2.25. The van der Waals surface area contributed by atoms with Gasteiger partial charge in [0, 0.05) is 24.4 Å². The Morgan fingerprint density at radius 3 is 2.36 bits per heavy atom. The summed E-state index contributed by atoms with van der Waals surface area (Å²) in [6.45, 7) is 1.61. The second kappa shape index (κ2) is 10.8. The number of aliphatic hydroxyl groups is 1. The first-order chi connectivity index (χ1) is 13.1. The predicted octanol–water partition coefficient (Wildman–Crippen LogP) is -1.22. The van der Waals surface area contributed by atoms with Crippen LogP contribution in [0, 0.1) is 10.1 Å².